The number of hydrogen-bond donors (Lipinski definition) is 9. The van der Waals surface area contributed by atoms with Crippen LogP contribution in [0.25, 0.3) is 0 Å². The van der Waals surface area contributed by atoms with Gasteiger partial charge in [-0.1, -0.05) is 244 Å². The Bertz CT molecular complexity index is 1370. The van der Waals surface area contributed by atoms with Gasteiger partial charge in [-0.2, -0.15) is 0 Å². The summed E-state index contributed by atoms with van der Waals surface area (Å²) in [7, 11) is 0. The molecular formula is C62H117NO13. The number of hydrogen-bond acceptors (Lipinski definition) is 13. The minimum absolute atomic E-state index is 0.239. The van der Waals surface area contributed by atoms with Crippen LogP contribution in [0.4, 0.5) is 0 Å². The van der Waals surface area contributed by atoms with Gasteiger partial charge in [-0.15, -0.1) is 0 Å². The number of carbonyl (C=O) groups is 1. The van der Waals surface area contributed by atoms with Gasteiger partial charge in [0.15, 0.2) is 12.6 Å². The molecule has 0 aliphatic carbocycles. The molecule has 14 heteroatoms. The number of aliphatic hydroxyl groups excluding tert-OH is 8. The highest BCUT2D eigenvalue weighted by Gasteiger charge is 2.51. The van der Waals surface area contributed by atoms with Gasteiger partial charge in [0.1, 0.15) is 48.8 Å². The number of unbranched alkanes of at least 4 members (excludes halogenated alkanes) is 36. The Kier molecular flexibility index (Phi) is 44.8. The molecule has 448 valence electrons. The second kappa shape index (κ2) is 48.2. The third kappa shape index (κ3) is 33.3. The third-order valence-electron chi connectivity index (χ3n) is 15.6. The van der Waals surface area contributed by atoms with E-state index in [2.05, 4.69) is 31.3 Å². The first-order valence-corrected chi connectivity index (χ1v) is 31.6. The largest absolute Gasteiger partial charge is 0.394 e. The number of amides is 1. The number of ether oxygens (including phenoxy) is 4. The lowest BCUT2D eigenvalue weighted by molar-refractivity contribution is -0.359. The monoisotopic (exact) mass is 1080 g/mol. The molecule has 0 aromatic carbocycles. The number of aliphatic hydroxyl groups is 8. The minimum atomic E-state index is -1.78. The van der Waals surface area contributed by atoms with Crippen LogP contribution in [0.1, 0.15) is 271 Å². The van der Waals surface area contributed by atoms with Crippen molar-refractivity contribution in [3.05, 3.63) is 24.3 Å². The quantitative estimate of drug-likeness (QED) is 0.0204. The van der Waals surface area contributed by atoms with Crippen LogP contribution in [0.3, 0.4) is 0 Å². The molecule has 1 amide bonds. The van der Waals surface area contributed by atoms with Crippen molar-refractivity contribution < 1.29 is 64.6 Å². The van der Waals surface area contributed by atoms with Gasteiger partial charge in [0.2, 0.25) is 5.91 Å². The highest BCUT2D eigenvalue weighted by Crippen LogP contribution is 2.30. The molecule has 12 unspecified atom stereocenters. The molecule has 2 saturated heterocycles. The van der Waals surface area contributed by atoms with Crippen LogP contribution < -0.4 is 5.32 Å². The molecule has 2 aliphatic heterocycles. The lowest BCUT2D eigenvalue weighted by Crippen LogP contribution is -2.65. The van der Waals surface area contributed by atoms with Crippen molar-refractivity contribution >= 4 is 5.91 Å². The highest BCUT2D eigenvalue weighted by atomic mass is 16.7. The topological polar surface area (TPSA) is 228 Å². The molecule has 0 saturated carbocycles. The fraction of sp³-hybridized carbons (Fsp3) is 0.919. The minimum Gasteiger partial charge on any atom is -0.394 e. The average Bonchev–Trinajstić information content (AvgIpc) is 3.42. The standard InChI is InChI=1S/C62H117NO13/c1-3-5-7-9-11-12-13-14-15-16-17-18-19-20-21-22-23-24-25-26-27-28-29-30-31-32-33-34-35-36-37-38-40-42-44-46-54(67)63-50(51(66)45-43-41-39-10-8-6-4-2)49-73-61-59(72)57(70)60(53(48-65)75-61)76-62-58(71)56(69)55(68)52(47-64)74-62/h16-17,43,45,50-53,55-62,64-66,68-72H,3-15,18-42,44,46-49H2,1-2H3,(H,63,67)/b17-16-,45-43+. The van der Waals surface area contributed by atoms with E-state index in [4.69, 9.17) is 18.9 Å². The van der Waals surface area contributed by atoms with Gasteiger partial charge in [0, 0.05) is 6.42 Å². The first-order chi connectivity index (χ1) is 37.1. The third-order valence-corrected chi connectivity index (χ3v) is 15.6. The van der Waals surface area contributed by atoms with Crippen molar-refractivity contribution in [1.29, 1.82) is 0 Å². The molecule has 0 aromatic rings. The van der Waals surface area contributed by atoms with E-state index in [9.17, 15) is 45.6 Å². The second-order valence-electron chi connectivity index (χ2n) is 22.5. The van der Waals surface area contributed by atoms with Crippen LogP contribution in [0.5, 0.6) is 0 Å². The van der Waals surface area contributed by atoms with E-state index in [0.717, 1.165) is 51.4 Å². The molecule has 0 spiro atoms. The van der Waals surface area contributed by atoms with E-state index in [1.54, 1.807) is 6.08 Å². The van der Waals surface area contributed by atoms with Crippen LogP contribution in [-0.4, -0.2) is 140 Å². The summed E-state index contributed by atoms with van der Waals surface area (Å²) in [5.41, 5.74) is 0. The Morgan fingerprint density at radius 1 is 0.461 bits per heavy atom. The van der Waals surface area contributed by atoms with Gasteiger partial charge in [-0.25, -0.2) is 0 Å². The first-order valence-electron chi connectivity index (χ1n) is 31.6. The van der Waals surface area contributed by atoms with Gasteiger partial charge in [0.05, 0.1) is 32.0 Å². The van der Waals surface area contributed by atoms with Crippen LogP contribution in [-0.2, 0) is 23.7 Å². The average molecular weight is 1080 g/mol. The smallest absolute Gasteiger partial charge is 0.220 e. The normalized spacial score (nSPS) is 25.0. The predicted molar refractivity (Wildman–Crippen MR) is 305 cm³/mol. The number of allylic oxidation sites excluding steroid dienone is 3. The van der Waals surface area contributed by atoms with E-state index < -0.39 is 86.8 Å². The Labute approximate surface area is 462 Å². The summed E-state index contributed by atoms with van der Waals surface area (Å²) in [6.07, 6.45) is 41.6. The molecule has 14 nitrogen and oxygen atoms in total. The molecular weight excluding hydrogens is 967 g/mol. The maximum atomic E-state index is 13.2. The van der Waals surface area contributed by atoms with Crippen molar-refractivity contribution in [2.75, 3.05) is 19.8 Å². The van der Waals surface area contributed by atoms with E-state index in [1.165, 1.54) is 193 Å². The first kappa shape index (κ1) is 70.6. The predicted octanol–water partition coefficient (Wildman–Crippen LogP) is 11.2. The SMILES string of the molecule is CCCCCCC/C=C/C(O)C(COC1OC(CO)C(OC2OC(CO)C(O)C(O)C2O)C(O)C1O)NC(=O)CCCCCCCCCCCCCCCCCCCCCCCCC/C=C\CCCCCCCCCC. The summed E-state index contributed by atoms with van der Waals surface area (Å²) in [5, 5.41) is 86.6. The van der Waals surface area contributed by atoms with Crippen molar-refractivity contribution in [1.82, 2.24) is 5.32 Å². The highest BCUT2D eigenvalue weighted by molar-refractivity contribution is 5.76. The fourth-order valence-corrected chi connectivity index (χ4v) is 10.5. The molecule has 2 fully saturated rings. The maximum absolute atomic E-state index is 13.2. The van der Waals surface area contributed by atoms with Gasteiger partial charge in [-0.3, -0.25) is 4.79 Å². The van der Waals surface area contributed by atoms with Gasteiger partial charge >= 0.3 is 0 Å². The number of carbonyl (C=O) groups excluding carboxylic acids is 1. The Hall–Kier alpha value is -1.53. The number of rotatable bonds is 51. The van der Waals surface area contributed by atoms with Gasteiger partial charge < -0.3 is 65.1 Å². The van der Waals surface area contributed by atoms with Crippen molar-refractivity contribution in [3.8, 4) is 0 Å². The van der Waals surface area contributed by atoms with Crippen molar-refractivity contribution in [2.45, 2.75) is 344 Å². The van der Waals surface area contributed by atoms with E-state index in [1.807, 2.05) is 6.08 Å². The lowest BCUT2D eigenvalue weighted by Gasteiger charge is -2.46. The summed E-state index contributed by atoms with van der Waals surface area (Å²) in [6.45, 7) is 2.74. The molecule has 9 N–H and O–H groups in total. The van der Waals surface area contributed by atoms with E-state index >= 15 is 0 Å². The summed E-state index contributed by atoms with van der Waals surface area (Å²) < 4.78 is 22.7. The van der Waals surface area contributed by atoms with Crippen LogP contribution in [0.2, 0.25) is 0 Å². The molecule has 2 heterocycles. The van der Waals surface area contributed by atoms with Crippen molar-refractivity contribution in [3.63, 3.8) is 0 Å². The Balaban J connectivity index is 1.53. The van der Waals surface area contributed by atoms with Crippen LogP contribution in [0.15, 0.2) is 24.3 Å². The Morgan fingerprint density at radius 2 is 0.829 bits per heavy atom. The summed E-state index contributed by atoms with van der Waals surface area (Å²) >= 11 is 0. The zero-order valence-corrected chi connectivity index (χ0v) is 48.3. The molecule has 2 rings (SSSR count). The fourth-order valence-electron chi connectivity index (χ4n) is 10.5. The zero-order chi connectivity index (χ0) is 55.3. The summed E-state index contributed by atoms with van der Waals surface area (Å²) in [4.78, 5) is 13.2. The molecule has 2 aliphatic rings. The molecule has 0 radical (unpaired) electrons. The van der Waals surface area contributed by atoms with E-state index in [-0.39, 0.29) is 18.9 Å². The maximum Gasteiger partial charge on any atom is 0.220 e. The van der Waals surface area contributed by atoms with E-state index in [0.29, 0.717) is 6.42 Å². The lowest BCUT2D eigenvalue weighted by atomic mass is 9.97. The summed E-state index contributed by atoms with van der Waals surface area (Å²) in [5.74, 6) is -0.239. The molecule has 12 atom stereocenters. The summed E-state index contributed by atoms with van der Waals surface area (Å²) in [6, 6.07) is -0.908. The number of nitrogens with one attached hydrogen (secondary N) is 1. The van der Waals surface area contributed by atoms with Crippen LogP contribution in [0, 0.1) is 0 Å². The molecule has 76 heavy (non-hydrogen) atoms. The van der Waals surface area contributed by atoms with Crippen LogP contribution >= 0.6 is 0 Å². The van der Waals surface area contributed by atoms with Gasteiger partial charge in [0.25, 0.3) is 0 Å². The van der Waals surface area contributed by atoms with Crippen molar-refractivity contribution in [2.24, 2.45) is 0 Å². The molecule has 0 bridgehead atoms. The Morgan fingerprint density at radius 3 is 1.25 bits per heavy atom. The zero-order valence-electron chi connectivity index (χ0n) is 48.3. The second-order valence-corrected chi connectivity index (χ2v) is 22.5. The molecule has 0 aromatic heterocycles. The van der Waals surface area contributed by atoms with Gasteiger partial charge in [-0.05, 0) is 44.9 Å².